The largest absolute Gasteiger partial charge is 0.467 e. The molecular weight excluding hydrogens is 435 g/mol. The second-order valence-corrected chi connectivity index (χ2v) is 7.87. The number of carbonyl (C=O) groups excluding carboxylic acids is 2. The summed E-state index contributed by atoms with van der Waals surface area (Å²) in [6.07, 6.45) is -1.90. The minimum atomic E-state index is -4.61. The molecule has 2 amide bonds. The number of halogens is 4. The lowest BCUT2D eigenvalue weighted by atomic mass is 9.95. The average molecular weight is 458 g/mol. The summed E-state index contributed by atoms with van der Waals surface area (Å²) in [5, 5.41) is 4.94. The van der Waals surface area contributed by atoms with Gasteiger partial charge in [-0.05, 0) is 63.2 Å². The lowest BCUT2D eigenvalue weighted by molar-refractivity contribution is -0.137. The van der Waals surface area contributed by atoms with Crippen molar-refractivity contribution in [1.82, 2.24) is 10.2 Å². The van der Waals surface area contributed by atoms with Gasteiger partial charge in [-0.3, -0.25) is 14.5 Å². The van der Waals surface area contributed by atoms with Crippen LogP contribution in [0.3, 0.4) is 0 Å². The molecule has 1 saturated heterocycles. The average Bonchev–Trinajstić information content (AvgIpc) is 3.26. The minimum Gasteiger partial charge on any atom is -0.467 e. The van der Waals surface area contributed by atoms with Gasteiger partial charge in [0.05, 0.1) is 29.4 Å². The van der Waals surface area contributed by atoms with E-state index in [1.165, 1.54) is 6.07 Å². The molecule has 2 aromatic rings. The fraction of sp³-hybridized carbons (Fsp3) is 0.429. The Kier molecular flexibility index (Phi) is 7.27. The first-order valence-electron chi connectivity index (χ1n) is 9.87. The maximum Gasteiger partial charge on any atom is 0.417 e. The minimum absolute atomic E-state index is 0.0285. The summed E-state index contributed by atoms with van der Waals surface area (Å²) in [4.78, 5) is 26.8. The molecule has 2 heterocycles. The number of piperidine rings is 1. The number of hydrogen-bond donors (Lipinski definition) is 2. The Hall–Kier alpha value is -2.52. The Bertz CT molecular complexity index is 910. The molecule has 1 aliphatic heterocycles. The van der Waals surface area contributed by atoms with Gasteiger partial charge in [-0.2, -0.15) is 13.2 Å². The number of alkyl halides is 3. The van der Waals surface area contributed by atoms with Crippen LogP contribution in [0, 0.1) is 5.92 Å². The second-order valence-electron chi connectivity index (χ2n) is 7.47. The molecule has 3 rings (SSSR count). The van der Waals surface area contributed by atoms with Crippen LogP contribution in [-0.4, -0.2) is 35.8 Å². The van der Waals surface area contributed by atoms with Crippen LogP contribution in [-0.2, 0) is 22.3 Å². The highest BCUT2D eigenvalue weighted by molar-refractivity contribution is 6.31. The van der Waals surface area contributed by atoms with Crippen molar-refractivity contribution in [1.29, 1.82) is 0 Å². The summed E-state index contributed by atoms with van der Waals surface area (Å²) in [6.45, 7) is 3.07. The van der Waals surface area contributed by atoms with Crippen molar-refractivity contribution in [2.24, 2.45) is 5.92 Å². The van der Waals surface area contributed by atoms with Crippen LogP contribution < -0.4 is 10.6 Å². The highest BCUT2D eigenvalue weighted by atomic mass is 35.5. The zero-order chi connectivity index (χ0) is 22.6. The lowest BCUT2D eigenvalue weighted by Crippen LogP contribution is -2.48. The fourth-order valence-electron chi connectivity index (χ4n) is 3.51. The number of amides is 2. The van der Waals surface area contributed by atoms with Crippen LogP contribution >= 0.6 is 11.6 Å². The Labute approximate surface area is 182 Å². The fourth-order valence-corrected chi connectivity index (χ4v) is 3.74. The van der Waals surface area contributed by atoms with E-state index >= 15 is 0 Å². The van der Waals surface area contributed by atoms with Gasteiger partial charge >= 0.3 is 6.18 Å². The molecule has 0 aliphatic carbocycles. The maximum atomic E-state index is 13.0. The van der Waals surface area contributed by atoms with Gasteiger partial charge in [-0.25, -0.2) is 0 Å². The predicted molar refractivity (Wildman–Crippen MR) is 109 cm³/mol. The highest BCUT2D eigenvalue weighted by Crippen LogP contribution is 2.36. The number of likely N-dealkylation sites (tertiary alicyclic amines) is 1. The molecule has 0 saturated carbocycles. The van der Waals surface area contributed by atoms with Gasteiger partial charge in [0.15, 0.2) is 0 Å². The molecule has 1 aromatic heterocycles. The predicted octanol–water partition coefficient (Wildman–Crippen LogP) is 4.31. The molecule has 10 heteroatoms. The second kappa shape index (κ2) is 9.74. The van der Waals surface area contributed by atoms with Crippen LogP contribution in [0.5, 0.6) is 0 Å². The Morgan fingerprint density at radius 3 is 2.58 bits per heavy atom. The van der Waals surface area contributed by atoms with Crippen LogP contribution in [0.2, 0.25) is 5.02 Å². The molecule has 1 aliphatic rings. The Balaban J connectivity index is 1.50. The summed E-state index contributed by atoms with van der Waals surface area (Å²) in [7, 11) is 0. The third-order valence-electron chi connectivity index (χ3n) is 5.38. The van der Waals surface area contributed by atoms with Crippen molar-refractivity contribution in [3.63, 3.8) is 0 Å². The molecule has 2 N–H and O–H groups in total. The molecule has 1 unspecified atom stereocenters. The number of hydrogen-bond acceptors (Lipinski definition) is 4. The van der Waals surface area contributed by atoms with Crippen LogP contribution in [0.1, 0.15) is 31.1 Å². The molecule has 0 radical (unpaired) electrons. The van der Waals surface area contributed by atoms with E-state index in [1.54, 1.807) is 25.3 Å². The van der Waals surface area contributed by atoms with E-state index in [4.69, 9.17) is 16.0 Å². The van der Waals surface area contributed by atoms with E-state index in [0.29, 0.717) is 38.2 Å². The standard InChI is InChI=1S/C21H23ClF3N3O3/c1-13(19(29)27-15-4-5-18(22)17(11-15)21(23,24)25)28-8-6-14(7-9-28)20(30)26-12-16-3-2-10-31-16/h2-5,10-11,13-14H,6-9,12H2,1H3,(H,26,30)(H,27,29). The molecule has 1 atom stereocenters. The van der Waals surface area contributed by atoms with E-state index in [-0.39, 0.29) is 17.5 Å². The van der Waals surface area contributed by atoms with Crippen molar-refractivity contribution >= 4 is 29.1 Å². The van der Waals surface area contributed by atoms with Gasteiger partial charge in [0.25, 0.3) is 0 Å². The molecule has 31 heavy (non-hydrogen) atoms. The lowest BCUT2D eigenvalue weighted by Gasteiger charge is -2.34. The van der Waals surface area contributed by atoms with E-state index in [9.17, 15) is 22.8 Å². The topological polar surface area (TPSA) is 74.6 Å². The van der Waals surface area contributed by atoms with Crippen LogP contribution in [0.4, 0.5) is 18.9 Å². The van der Waals surface area contributed by atoms with Gasteiger partial charge in [0.2, 0.25) is 11.8 Å². The number of rotatable bonds is 6. The molecule has 0 bridgehead atoms. The monoisotopic (exact) mass is 457 g/mol. The van der Waals surface area contributed by atoms with Gasteiger partial charge in [0, 0.05) is 11.6 Å². The number of nitrogens with zero attached hydrogens (tertiary/aromatic N) is 1. The maximum absolute atomic E-state index is 13.0. The molecular formula is C21H23ClF3N3O3. The van der Waals surface area contributed by atoms with Crippen molar-refractivity contribution in [3.8, 4) is 0 Å². The summed E-state index contributed by atoms with van der Waals surface area (Å²) in [5.41, 5.74) is -0.971. The third kappa shape index (κ3) is 6.01. The number of anilines is 1. The smallest absolute Gasteiger partial charge is 0.417 e. The van der Waals surface area contributed by atoms with E-state index in [2.05, 4.69) is 10.6 Å². The first kappa shape index (κ1) is 23.1. The molecule has 168 valence electrons. The van der Waals surface area contributed by atoms with Gasteiger partial charge < -0.3 is 15.1 Å². The summed E-state index contributed by atoms with van der Waals surface area (Å²) in [5.74, 6) is 0.0317. The number of furan rings is 1. The quantitative estimate of drug-likeness (QED) is 0.678. The van der Waals surface area contributed by atoms with Crippen LogP contribution in [0.15, 0.2) is 41.0 Å². The summed E-state index contributed by atoms with van der Waals surface area (Å²) >= 11 is 5.61. The summed E-state index contributed by atoms with van der Waals surface area (Å²) < 4.78 is 44.2. The van der Waals surface area contributed by atoms with E-state index in [0.717, 1.165) is 12.1 Å². The Morgan fingerprint density at radius 1 is 1.26 bits per heavy atom. The number of benzene rings is 1. The SMILES string of the molecule is CC(C(=O)Nc1ccc(Cl)c(C(F)(F)F)c1)N1CCC(C(=O)NCc2ccco2)CC1. The van der Waals surface area contributed by atoms with Crippen molar-refractivity contribution in [2.75, 3.05) is 18.4 Å². The number of carbonyl (C=O) groups is 2. The van der Waals surface area contributed by atoms with Crippen molar-refractivity contribution < 1.29 is 27.2 Å². The van der Waals surface area contributed by atoms with Crippen LogP contribution in [0.25, 0.3) is 0 Å². The van der Waals surface area contributed by atoms with Crippen molar-refractivity contribution in [3.05, 3.63) is 52.9 Å². The zero-order valence-corrected chi connectivity index (χ0v) is 17.6. The molecule has 1 fully saturated rings. The normalized spacial score (nSPS) is 16.7. The third-order valence-corrected chi connectivity index (χ3v) is 5.71. The van der Waals surface area contributed by atoms with Gasteiger partial charge in [0.1, 0.15) is 5.76 Å². The first-order valence-corrected chi connectivity index (χ1v) is 10.2. The first-order chi connectivity index (χ1) is 14.6. The molecule has 1 aromatic carbocycles. The zero-order valence-electron chi connectivity index (χ0n) is 16.8. The Morgan fingerprint density at radius 2 is 1.97 bits per heavy atom. The van der Waals surface area contributed by atoms with E-state index in [1.807, 2.05) is 4.90 Å². The molecule has 6 nitrogen and oxygen atoms in total. The molecule has 0 spiro atoms. The summed E-state index contributed by atoms with van der Waals surface area (Å²) in [6, 6.07) is 6.23. The van der Waals surface area contributed by atoms with Gasteiger partial charge in [-0.1, -0.05) is 11.6 Å². The van der Waals surface area contributed by atoms with E-state index < -0.39 is 28.7 Å². The number of nitrogens with one attached hydrogen (secondary N) is 2. The van der Waals surface area contributed by atoms with Crippen molar-refractivity contribution in [2.45, 2.75) is 38.5 Å². The highest BCUT2D eigenvalue weighted by Gasteiger charge is 2.34. The van der Waals surface area contributed by atoms with Gasteiger partial charge in [-0.15, -0.1) is 0 Å².